The quantitative estimate of drug-likeness (QED) is 0.680. The second-order valence-electron chi connectivity index (χ2n) is 3.55. The van der Waals surface area contributed by atoms with E-state index in [4.69, 9.17) is 0 Å². The van der Waals surface area contributed by atoms with Gasteiger partial charge in [-0.1, -0.05) is 28.1 Å². The molecule has 1 atom stereocenters. The normalized spacial score (nSPS) is 12.7. The fraction of sp³-hybridized carbons (Fsp3) is 0.167. The average Bonchev–Trinajstić information content (AvgIpc) is 2.62. The fourth-order valence-electron chi connectivity index (χ4n) is 1.71. The zero-order valence-corrected chi connectivity index (χ0v) is 14.6. The second-order valence-corrected chi connectivity index (χ2v) is 8.22. The first-order valence-corrected chi connectivity index (χ1v) is 8.19. The summed E-state index contributed by atoms with van der Waals surface area (Å²) >= 11 is 12.3. The van der Waals surface area contributed by atoms with Crippen molar-refractivity contribution >= 4 is 59.1 Å². The van der Waals surface area contributed by atoms with E-state index in [9.17, 15) is 0 Å². The van der Waals surface area contributed by atoms with Crippen LogP contribution in [-0.4, -0.2) is 7.05 Å². The highest BCUT2D eigenvalue weighted by Crippen LogP contribution is 2.37. The monoisotopic (exact) mass is 437 g/mol. The van der Waals surface area contributed by atoms with Gasteiger partial charge in [0.15, 0.2) is 0 Å². The summed E-state index contributed by atoms with van der Waals surface area (Å²) in [5.41, 5.74) is 2.51. The van der Waals surface area contributed by atoms with Gasteiger partial charge in [0.05, 0.1) is 13.6 Å². The Bertz CT molecular complexity index is 507. The number of halogens is 3. The third kappa shape index (κ3) is 3.20. The zero-order chi connectivity index (χ0) is 12.4. The Morgan fingerprint density at radius 1 is 1.12 bits per heavy atom. The van der Waals surface area contributed by atoms with E-state index in [0.717, 1.165) is 12.0 Å². The van der Waals surface area contributed by atoms with E-state index in [1.165, 1.54) is 11.1 Å². The maximum Gasteiger partial charge on any atom is 0.0761 e. The lowest BCUT2D eigenvalue weighted by Crippen LogP contribution is -2.17. The summed E-state index contributed by atoms with van der Waals surface area (Å²) in [6.07, 6.45) is 0. The minimum Gasteiger partial charge on any atom is -0.309 e. The Hall–Kier alpha value is 0.320. The third-order valence-corrected chi connectivity index (χ3v) is 5.40. The number of nitrogens with one attached hydrogen (secondary N) is 1. The molecule has 0 saturated carbocycles. The molecule has 1 aromatic heterocycles. The molecule has 90 valence electrons. The van der Waals surface area contributed by atoms with Crippen LogP contribution in [0.3, 0.4) is 0 Å². The summed E-state index contributed by atoms with van der Waals surface area (Å²) in [5, 5.41) is 3.35. The van der Waals surface area contributed by atoms with Crippen LogP contribution in [0.2, 0.25) is 0 Å². The lowest BCUT2D eigenvalue weighted by Gasteiger charge is -2.16. The summed E-state index contributed by atoms with van der Waals surface area (Å²) in [7, 11) is 1.98. The van der Waals surface area contributed by atoms with Gasteiger partial charge in [-0.05, 0) is 68.2 Å². The molecule has 0 aliphatic heterocycles. The van der Waals surface area contributed by atoms with E-state index in [0.29, 0.717) is 0 Å². The van der Waals surface area contributed by atoms with Crippen LogP contribution in [0.15, 0.2) is 42.4 Å². The first kappa shape index (κ1) is 13.7. The Morgan fingerprint density at radius 2 is 1.76 bits per heavy atom. The van der Waals surface area contributed by atoms with E-state index < -0.39 is 0 Å². The highest BCUT2D eigenvalue weighted by Gasteiger charge is 2.17. The van der Waals surface area contributed by atoms with Crippen molar-refractivity contribution in [3.8, 4) is 0 Å². The lowest BCUT2D eigenvalue weighted by atomic mass is 10.0. The maximum atomic E-state index is 3.61. The van der Waals surface area contributed by atoms with Crippen LogP contribution in [0.1, 0.15) is 17.2 Å². The van der Waals surface area contributed by atoms with Crippen LogP contribution in [0.5, 0.6) is 0 Å². The van der Waals surface area contributed by atoms with E-state index in [-0.39, 0.29) is 6.04 Å². The average molecular weight is 440 g/mol. The summed E-state index contributed by atoms with van der Waals surface area (Å²) < 4.78 is 3.39. The molecule has 0 amide bonds. The first-order chi connectivity index (χ1) is 8.11. The Balaban J connectivity index is 2.39. The van der Waals surface area contributed by atoms with Crippen LogP contribution < -0.4 is 5.32 Å². The summed E-state index contributed by atoms with van der Waals surface area (Å²) in [5.74, 6) is 0. The van der Waals surface area contributed by atoms with Crippen LogP contribution in [-0.2, 0) is 0 Å². The smallest absolute Gasteiger partial charge is 0.0761 e. The molecular weight excluding hydrogens is 430 g/mol. The van der Waals surface area contributed by atoms with E-state index >= 15 is 0 Å². The first-order valence-electron chi connectivity index (χ1n) is 4.99. The number of rotatable bonds is 3. The summed E-state index contributed by atoms with van der Waals surface area (Å²) in [6.45, 7) is 0. The van der Waals surface area contributed by atoms with Crippen LogP contribution in [0.25, 0.3) is 0 Å². The highest BCUT2D eigenvalue weighted by molar-refractivity contribution is 9.12. The molecule has 0 bridgehead atoms. The van der Waals surface area contributed by atoms with Crippen molar-refractivity contribution in [2.75, 3.05) is 7.05 Å². The van der Waals surface area contributed by atoms with E-state index in [1.807, 2.05) is 7.05 Å². The molecule has 2 aromatic rings. The van der Waals surface area contributed by atoms with Gasteiger partial charge < -0.3 is 5.32 Å². The number of hydrogen-bond acceptors (Lipinski definition) is 2. The second kappa shape index (κ2) is 5.97. The van der Waals surface area contributed by atoms with Gasteiger partial charge in [0.2, 0.25) is 0 Å². The fourth-order valence-corrected chi connectivity index (χ4v) is 4.87. The molecule has 1 N–H and O–H groups in total. The molecule has 0 saturated heterocycles. The van der Waals surface area contributed by atoms with Crippen molar-refractivity contribution in [1.29, 1.82) is 0 Å². The van der Waals surface area contributed by atoms with Crippen molar-refractivity contribution in [1.82, 2.24) is 5.32 Å². The molecule has 17 heavy (non-hydrogen) atoms. The molecule has 1 nitrogen and oxygen atoms in total. The molecule has 0 spiro atoms. The van der Waals surface area contributed by atoms with Gasteiger partial charge in [0, 0.05) is 4.47 Å². The molecule has 0 radical (unpaired) electrons. The molecule has 2 rings (SSSR count). The zero-order valence-electron chi connectivity index (χ0n) is 9.01. The Kier molecular flexibility index (Phi) is 4.83. The maximum absolute atomic E-state index is 3.61. The van der Waals surface area contributed by atoms with Gasteiger partial charge >= 0.3 is 0 Å². The molecule has 0 aliphatic rings. The molecule has 1 heterocycles. The number of benzene rings is 1. The van der Waals surface area contributed by atoms with Crippen molar-refractivity contribution < 1.29 is 0 Å². The molecular formula is C12H10Br3NS. The standard InChI is InChI=1S/C12H10Br3NS/c1-16-11(7-2-4-8(13)5-3-7)9-6-10(14)17-12(9)15/h2-6,11,16H,1H3. The molecule has 0 fully saturated rings. The van der Waals surface area contributed by atoms with Gasteiger partial charge in [-0.2, -0.15) is 0 Å². The Labute approximate surface area is 130 Å². The predicted molar refractivity (Wildman–Crippen MR) is 84.8 cm³/mol. The molecule has 1 unspecified atom stereocenters. The summed E-state index contributed by atoms with van der Waals surface area (Å²) in [4.78, 5) is 0. The predicted octanol–water partition coefficient (Wildman–Crippen LogP) is 5.34. The third-order valence-electron chi connectivity index (χ3n) is 2.49. The lowest BCUT2D eigenvalue weighted by molar-refractivity contribution is 0.692. The van der Waals surface area contributed by atoms with Crippen molar-refractivity contribution in [2.45, 2.75) is 6.04 Å². The van der Waals surface area contributed by atoms with E-state index in [1.54, 1.807) is 11.3 Å². The van der Waals surface area contributed by atoms with Crippen LogP contribution in [0, 0.1) is 0 Å². The SMILES string of the molecule is CNC(c1ccc(Br)cc1)c1cc(Br)sc1Br. The van der Waals surface area contributed by atoms with Gasteiger partial charge in [-0.25, -0.2) is 0 Å². The van der Waals surface area contributed by atoms with Crippen molar-refractivity contribution in [2.24, 2.45) is 0 Å². The Morgan fingerprint density at radius 3 is 2.24 bits per heavy atom. The molecule has 1 aromatic carbocycles. The summed E-state index contributed by atoms with van der Waals surface area (Å²) in [6, 6.07) is 10.7. The van der Waals surface area contributed by atoms with Gasteiger partial charge in [-0.3, -0.25) is 0 Å². The molecule has 5 heteroatoms. The van der Waals surface area contributed by atoms with Gasteiger partial charge in [0.1, 0.15) is 0 Å². The minimum atomic E-state index is 0.208. The van der Waals surface area contributed by atoms with Gasteiger partial charge in [-0.15, -0.1) is 11.3 Å². The van der Waals surface area contributed by atoms with Crippen LogP contribution in [0.4, 0.5) is 0 Å². The van der Waals surface area contributed by atoms with Gasteiger partial charge in [0.25, 0.3) is 0 Å². The van der Waals surface area contributed by atoms with Crippen LogP contribution >= 0.6 is 59.1 Å². The minimum absolute atomic E-state index is 0.208. The van der Waals surface area contributed by atoms with E-state index in [2.05, 4.69) is 83.4 Å². The highest BCUT2D eigenvalue weighted by atomic mass is 79.9. The number of thiophene rings is 1. The van der Waals surface area contributed by atoms with Crippen molar-refractivity contribution in [3.05, 3.63) is 53.5 Å². The van der Waals surface area contributed by atoms with Crippen molar-refractivity contribution in [3.63, 3.8) is 0 Å². The molecule has 0 aliphatic carbocycles. The largest absolute Gasteiger partial charge is 0.309 e. The topological polar surface area (TPSA) is 12.0 Å². The number of hydrogen-bond donors (Lipinski definition) is 1.